The van der Waals surface area contributed by atoms with Crippen LogP contribution in [0.5, 0.6) is 0 Å². The van der Waals surface area contributed by atoms with Gasteiger partial charge < -0.3 is 4.90 Å². The fourth-order valence-electron chi connectivity index (χ4n) is 1.69. The van der Waals surface area contributed by atoms with Gasteiger partial charge in [0, 0.05) is 26.2 Å². The van der Waals surface area contributed by atoms with Gasteiger partial charge in [0.15, 0.2) is 0 Å². The van der Waals surface area contributed by atoms with Gasteiger partial charge in [-0.1, -0.05) is 19.8 Å². The zero-order valence-electron chi connectivity index (χ0n) is 8.81. The predicted molar refractivity (Wildman–Crippen MR) is 58.3 cm³/mol. The van der Waals surface area contributed by atoms with Gasteiger partial charge >= 0.3 is 0 Å². The van der Waals surface area contributed by atoms with E-state index in [0.29, 0.717) is 0 Å². The smallest absolute Gasteiger partial charge is 0.234 e. The van der Waals surface area contributed by atoms with Crippen LogP contribution in [-0.2, 0) is 11.3 Å². The molecule has 0 amide bonds. The lowest BCUT2D eigenvalue weighted by Crippen LogP contribution is -2.46. The van der Waals surface area contributed by atoms with Gasteiger partial charge in [0.05, 0.1) is 0 Å². The molecule has 4 nitrogen and oxygen atoms in total. The Bertz CT molecular complexity index is 182. The molecule has 1 heterocycles. The maximum Gasteiger partial charge on any atom is 0.234 e. The summed E-state index contributed by atoms with van der Waals surface area (Å²) in [6, 6.07) is 0. The molecule has 0 aromatic rings. The molecule has 14 heavy (non-hydrogen) atoms. The van der Waals surface area contributed by atoms with Crippen molar-refractivity contribution < 1.29 is 8.76 Å². The number of unbranched alkanes of at least 4 members (excludes halogenated alkanes) is 2. The molecule has 84 valence electrons. The molecule has 1 saturated heterocycles. The summed E-state index contributed by atoms with van der Waals surface area (Å²) in [7, 11) is 0. The molecule has 1 aliphatic rings. The van der Waals surface area contributed by atoms with Crippen LogP contribution in [-0.4, -0.2) is 50.7 Å². The molecule has 0 aromatic heterocycles. The average Bonchev–Trinajstić information content (AvgIpc) is 2.19. The van der Waals surface area contributed by atoms with Crippen molar-refractivity contribution in [3.05, 3.63) is 0 Å². The second-order valence-electron chi connectivity index (χ2n) is 3.71. The monoisotopic (exact) mass is 220 g/mol. The first kappa shape index (κ1) is 12.1. The standard InChI is InChI=1S/C9H20N2O2S/c1-2-3-4-5-10-6-8-11(9-7-10)14(12)13/h2-9H2,1H3,(H,12,13). The van der Waals surface area contributed by atoms with Crippen molar-refractivity contribution >= 4 is 11.3 Å². The summed E-state index contributed by atoms with van der Waals surface area (Å²) < 4.78 is 21.2. The van der Waals surface area contributed by atoms with Crippen LogP contribution >= 0.6 is 0 Å². The van der Waals surface area contributed by atoms with E-state index in [1.54, 1.807) is 4.31 Å². The molecule has 1 fully saturated rings. The Balaban J connectivity index is 2.12. The molecular formula is C9H20N2O2S. The number of piperazine rings is 1. The zero-order chi connectivity index (χ0) is 10.4. The molecule has 0 saturated carbocycles. The third kappa shape index (κ3) is 4.04. The van der Waals surface area contributed by atoms with Gasteiger partial charge in [0.25, 0.3) is 0 Å². The SMILES string of the molecule is CCCCCN1CCN(S(=O)O)CC1. The predicted octanol–water partition coefficient (Wildman–Crippen LogP) is 0.931. The van der Waals surface area contributed by atoms with Crippen molar-refractivity contribution in [3.63, 3.8) is 0 Å². The number of hydrogen-bond donors (Lipinski definition) is 1. The highest BCUT2D eigenvalue weighted by molar-refractivity contribution is 7.76. The van der Waals surface area contributed by atoms with Crippen LogP contribution in [0.4, 0.5) is 0 Å². The van der Waals surface area contributed by atoms with Gasteiger partial charge in [-0.05, 0) is 13.0 Å². The Morgan fingerprint density at radius 3 is 2.36 bits per heavy atom. The lowest BCUT2D eigenvalue weighted by Gasteiger charge is -2.32. The van der Waals surface area contributed by atoms with Crippen molar-refractivity contribution in [2.45, 2.75) is 26.2 Å². The second-order valence-corrected chi connectivity index (χ2v) is 4.69. The number of hydrogen-bond acceptors (Lipinski definition) is 2. The van der Waals surface area contributed by atoms with Gasteiger partial charge in [-0.15, -0.1) is 0 Å². The van der Waals surface area contributed by atoms with Crippen molar-refractivity contribution in [3.8, 4) is 0 Å². The lowest BCUT2D eigenvalue weighted by atomic mass is 10.2. The van der Waals surface area contributed by atoms with Crippen LogP contribution < -0.4 is 0 Å². The van der Waals surface area contributed by atoms with Crippen LogP contribution in [0.2, 0.25) is 0 Å². The Morgan fingerprint density at radius 1 is 1.21 bits per heavy atom. The minimum Gasteiger partial charge on any atom is -0.301 e. The highest BCUT2D eigenvalue weighted by atomic mass is 32.2. The van der Waals surface area contributed by atoms with Crippen LogP contribution in [0.1, 0.15) is 26.2 Å². The topological polar surface area (TPSA) is 43.8 Å². The fourth-order valence-corrected chi connectivity index (χ4v) is 2.17. The van der Waals surface area contributed by atoms with Crippen molar-refractivity contribution in [2.24, 2.45) is 0 Å². The third-order valence-corrected chi connectivity index (χ3v) is 3.44. The second kappa shape index (κ2) is 6.50. The summed E-state index contributed by atoms with van der Waals surface area (Å²) in [6.07, 6.45) is 3.78. The molecule has 0 radical (unpaired) electrons. The minimum absolute atomic E-state index is 0.717. The van der Waals surface area contributed by atoms with E-state index < -0.39 is 11.3 Å². The zero-order valence-corrected chi connectivity index (χ0v) is 9.63. The van der Waals surface area contributed by atoms with E-state index in [4.69, 9.17) is 4.55 Å². The van der Waals surface area contributed by atoms with Gasteiger partial charge in [-0.3, -0.25) is 4.55 Å². The van der Waals surface area contributed by atoms with Gasteiger partial charge in [-0.2, -0.15) is 4.31 Å². The van der Waals surface area contributed by atoms with Crippen LogP contribution in [0.3, 0.4) is 0 Å². The van der Waals surface area contributed by atoms with Gasteiger partial charge in [0.2, 0.25) is 11.3 Å². The first-order chi connectivity index (χ1) is 6.74. The largest absolute Gasteiger partial charge is 0.301 e. The first-order valence-corrected chi connectivity index (χ1v) is 6.38. The molecule has 1 atom stereocenters. The normalized spacial score (nSPS) is 22.4. The van der Waals surface area contributed by atoms with E-state index in [-0.39, 0.29) is 0 Å². The van der Waals surface area contributed by atoms with E-state index in [1.807, 2.05) is 0 Å². The molecule has 1 unspecified atom stereocenters. The summed E-state index contributed by atoms with van der Waals surface area (Å²) >= 11 is -1.77. The first-order valence-electron chi connectivity index (χ1n) is 5.32. The number of nitrogens with zero attached hydrogens (tertiary/aromatic N) is 2. The fraction of sp³-hybridized carbons (Fsp3) is 1.00. The Kier molecular flexibility index (Phi) is 5.62. The quantitative estimate of drug-likeness (QED) is 0.554. The molecule has 0 aromatic carbocycles. The highest BCUT2D eigenvalue weighted by Gasteiger charge is 2.19. The van der Waals surface area contributed by atoms with Gasteiger partial charge in [-0.25, -0.2) is 4.21 Å². The van der Waals surface area contributed by atoms with Crippen LogP contribution in [0.25, 0.3) is 0 Å². The molecular weight excluding hydrogens is 200 g/mol. The van der Waals surface area contributed by atoms with E-state index in [1.165, 1.54) is 19.3 Å². The number of rotatable bonds is 5. The summed E-state index contributed by atoms with van der Waals surface area (Å²) in [4.78, 5) is 2.37. The van der Waals surface area contributed by atoms with E-state index in [9.17, 15) is 4.21 Å². The van der Waals surface area contributed by atoms with Crippen LogP contribution in [0.15, 0.2) is 0 Å². The summed E-state index contributed by atoms with van der Waals surface area (Å²) in [5, 5.41) is 0. The molecule has 1 aliphatic heterocycles. The summed E-state index contributed by atoms with van der Waals surface area (Å²) in [5.74, 6) is 0. The maximum absolute atomic E-state index is 10.7. The van der Waals surface area contributed by atoms with Crippen molar-refractivity contribution in [1.82, 2.24) is 9.21 Å². The third-order valence-electron chi connectivity index (χ3n) is 2.63. The van der Waals surface area contributed by atoms with E-state index >= 15 is 0 Å². The van der Waals surface area contributed by atoms with Crippen molar-refractivity contribution in [2.75, 3.05) is 32.7 Å². The van der Waals surface area contributed by atoms with E-state index in [2.05, 4.69) is 11.8 Å². The summed E-state index contributed by atoms with van der Waals surface area (Å²) in [6.45, 7) is 6.63. The van der Waals surface area contributed by atoms with Crippen molar-refractivity contribution in [1.29, 1.82) is 0 Å². The summed E-state index contributed by atoms with van der Waals surface area (Å²) in [5.41, 5.74) is 0. The molecule has 5 heteroatoms. The minimum atomic E-state index is -1.77. The molecule has 0 bridgehead atoms. The Hall–Kier alpha value is 0.0300. The lowest BCUT2D eigenvalue weighted by molar-refractivity contribution is 0.184. The molecule has 0 spiro atoms. The molecule has 0 aliphatic carbocycles. The Morgan fingerprint density at radius 2 is 1.86 bits per heavy atom. The van der Waals surface area contributed by atoms with Gasteiger partial charge in [0.1, 0.15) is 0 Å². The maximum atomic E-state index is 10.7. The highest BCUT2D eigenvalue weighted by Crippen LogP contribution is 2.05. The molecule has 1 rings (SSSR count). The van der Waals surface area contributed by atoms with Crippen LogP contribution in [0, 0.1) is 0 Å². The molecule has 1 N–H and O–H groups in total. The van der Waals surface area contributed by atoms with E-state index in [0.717, 1.165) is 32.7 Å². The average molecular weight is 220 g/mol. The Labute approximate surface area is 88.7 Å².